The maximum atomic E-state index is 11.8. The number of alkyl halides is 1. The van der Waals surface area contributed by atoms with Crippen molar-refractivity contribution < 1.29 is 14.7 Å². The molecule has 1 rings (SSSR count). The van der Waals surface area contributed by atoms with E-state index in [-0.39, 0.29) is 37.9 Å². The number of carbonyl (C=O) groups is 2. The van der Waals surface area contributed by atoms with Gasteiger partial charge in [-0.2, -0.15) is 0 Å². The van der Waals surface area contributed by atoms with Crippen molar-refractivity contribution >= 4 is 54.0 Å². The fraction of sp³-hybridized carbons (Fsp3) is 0.333. The summed E-state index contributed by atoms with van der Waals surface area (Å²) >= 11 is 3.36. The van der Waals surface area contributed by atoms with E-state index in [9.17, 15) is 9.59 Å². The topological polar surface area (TPSA) is 57.6 Å². The van der Waals surface area contributed by atoms with Gasteiger partial charge in [-0.1, -0.05) is 0 Å². The molecule has 4 nitrogen and oxygen atoms in total. The summed E-state index contributed by atoms with van der Waals surface area (Å²) in [5, 5.41) is 9.58. The number of halogens is 1. The van der Waals surface area contributed by atoms with Crippen molar-refractivity contribution in [3.8, 4) is 0 Å². The first-order valence-electron chi connectivity index (χ1n) is 5.41. The first-order valence-corrected chi connectivity index (χ1v) is 8.54. The number of hydrogen-bond donors (Lipinski definition) is 1. The summed E-state index contributed by atoms with van der Waals surface area (Å²) in [5.74, 6) is -0.613. The molecular weight excluding hydrogens is 490 g/mol. The number of nitrogens with zero attached hydrogens (tertiary/aromatic N) is 1. The van der Waals surface area contributed by atoms with Crippen molar-refractivity contribution in [2.24, 2.45) is 5.92 Å². The first-order chi connectivity index (χ1) is 8.45. The molecule has 0 aliphatic rings. The van der Waals surface area contributed by atoms with Gasteiger partial charge in [0.05, 0.1) is 0 Å². The number of rotatable bonds is 4. The Kier molecular flexibility index (Phi) is 6.27. The summed E-state index contributed by atoms with van der Waals surface area (Å²) in [6.45, 7) is 1.76. The van der Waals surface area contributed by atoms with Crippen LogP contribution in [0, 0.1) is 5.92 Å². The van der Waals surface area contributed by atoms with Crippen LogP contribution in [0.5, 0.6) is 0 Å². The molecule has 0 heterocycles. The Morgan fingerprint density at radius 3 is 2.28 bits per heavy atom. The van der Waals surface area contributed by atoms with Gasteiger partial charge in [0.15, 0.2) is 0 Å². The second-order valence-electron chi connectivity index (χ2n) is 4.05. The Balaban J connectivity index is 2.66. The number of hydrogen-bond acceptors (Lipinski definition) is 2. The van der Waals surface area contributed by atoms with Gasteiger partial charge in [-0.3, -0.25) is 0 Å². The molecule has 0 saturated carbocycles. The number of carboxylic acid groups (broad SMARTS) is 1. The average Bonchev–Trinajstić information content (AvgIpc) is 2.37. The SMILES string of the molecule is CC(Cc1ccc(CBr)cc1)C(=O)[N]([Tl])C(=O)O. The predicted molar refractivity (Wildman–Crippen MR) is 72.6 cm³/mol. The van der Waals surface area contributed by atoms with E-state index in [1.807, 2.05) is 24.3 Å². The van der Waals surface area contributed by atoms with Gasteiger partial charge in [0.2, 0.25) is 0 Å². The monoisotopic (exact) mass is 503 g/mol. The Labute approximate surface area is 131 Å². The van der Waals surface area contributed by atoms with Crippen molar-refractivity contribution in [2.45, 2.75) is 18.7 Å². The van der Waals surface area contributed by atoms with E-state index in [0.717, 1.165) is 13.6 Å². The van der Waals surface area contributed by atoms with Crippen LogP contribution in [0.2, 0.25) is 0 Å². The first kappa shape index (κ1) is 15.6. The number of amides is 2. The van der Waals surface area contributed by atoms with Crippen LogP contribution < -0.4 is 0 Å². The standard InChI is InChI=1S/C12H14BrNO3.Tl/c1-8(11(15)14-12(16)17)6-9-2-4-10(7-13)5-3-9;/h2-5,8H,6-7H2,1H3,(H2,14,15,16,17);/q;+1/p-1. The molecule has 0 saturated heterocycles. The average molecular weight is 504 g/mol. The van der Waals surface area contributed by atoms with E-state index in [0.29, 0.717) is 6.42 Å². The van der Waals surface area contributed by atoms with E-state index in [1.165, 1.54) is 5.56 Å². The zero-order chi connectivity index (χ0) is 13.7. The second-order valence-corrected chi connectivity index (χ2v) is 6.61. The predicted octanol–water partition coefficient (Wildman–Crippen LogP) is 2.35. The molecule has 0 radical (unpaired) electrons. The molecule has 2 amide bonds. The van der Waals surface area contributed by atoms with Gasteiger partial charge in [0.1, 0.15) is 0 Å². The van der Waals surface area contributed by atoms with Crippen LogP contribution in [0.15, 0.2) is 24.3 Å². The molecule has 0 aliphatic carbocycles. The molecule has 0 aliphatic heterocycles. The number of benzene rings is 1. The van der Waals surface area contributed by atoms with Crippen LogP contribution in [0.3, 0.4) is 0 Å². The Hall–Kier alpha value is -0.438. The molecule has 94 valence electrons. The summed E-state index contributed by atoms with van der Waals surface area (Å²) < 4.78 is 0.900. The summed E-state index contributed by atoms with van der Waals surface area (Å²) in [7, 11) is 0. The summed E-state index contributed by atoms with van der Waals surface area (Å²) in [4.78, 5) is 22.5. The Morgan fingerprint density at radius 1 is 1.33 bits per heavy atom. The molecule has 1 atom stereocenters. The molecule has 0 fully saturated rings. The quantitative estimate of drug-likeness (QED) is 0.507. The molecule has 1 N–H and O–H groups in total. The molecule has 0 aromatic heterocycles. The van der Waals surface area contributed by atoms with Crippen LogP contribution in [-0.4, -0.2) is 45.9 Å². The third-order valence-corrected chi connectivity index (χ3v) is 5.08. The van der Waals surface area contributed by atoms with E-state index in [2.05, 4.69) is 15.9 Å². The summed E-state index contributed by atoms with van der Waals surface area (Å²) in [6, 6.07) is 7.94. The van der Waals surface area contributed by atoms with Gasteiger partial charge < -0.3 is 0 Å². The van der Waals surface area contributed by atoms with E-state index in [4.69, 9.17) is 5.11 Å². The van der Waals surface area contributed by atoms with Gasteiger partial charge in [-0.05, 0) is 0 Å². The Morgan fingerprint density at radius 2 is 1.83 bits per heavy atom. The van der Waals surface area contributed by atoms with Gasteiger partial charge in [-0.25, -0.2) is 0 Å². The summed E-state index contributed by atoms with van der Waals surface area (Å²) in [5.41, 5.74) is 2.22. The zero-order valence-electron chi connectivity index (χ0n) is 9.97. The molecular formula is C12H13BrNO3Tl. The molecule has 18 heavy (non-hydrogen) atoms. The van der Waals surface area contributed by atoms with Gasteiger partial charge in [0.25, 0.3) is 0 Å². The molecule has 0 spiro atoms. The minimum absolute atomic E-state index is 0.0155. The van der Waals surface area contributed by atoms with Crippen LogP contribution in [0.25, 0.3) is 0 Å². The molecule has 1 aromatic rings. The second kappa shape index (κ2) is 7.22. The van der Waals surface area contributed by atoms with E-state index in [1.54, 1.807) is 6.92 Å². The number of imide groups is 1. The Bertz CT molecular complexity index is 435. The van der Waals surface area contributed by atoms with Gasteiger partial charge in [-0.15, -0.1) is 0 Å². The zero-order valence-corrected chi connectivity index (χ0v) is 16.0. The molecule has 0 bridgehead atoms. The third kappa shape index (κ3) is 4.34. The van der Waals surface area contributed by atoms with Crippen LogP contribution in [0.4, 0.5) is 4.79 Å². The van der Waals surface area contributed by atoms with Crippen molar-refractivity contribution in [3.05, 3.63) is 35.4 Å². The van der Waals surface area contributed by atoms with Gasteiger partial charge in [0, 0.05) is 0 Å². The molecule has 1 aromatic carbocycles. The van der Waals surface area contributed by atoms with E-state index >= 15 is 0 Å². The normalized spacial score (nSPS) is 11.8. The number of carbonyl (C=O) groups excluding carboxylic acids is 1. The van der Waals surface area contributed by atoms with Crippen molar-refractivity contribution in [1.29, 1.82) is 0 Å². The fourth-order valence-corrected chi connectivity index (χ4v) is 2.90. The van der Waals surface area contributed by atoms with Crippen molar-refractivity contribution in [1.82, 2.24) is 2.71 Å². The molecule has 1 unspecified atom stereocenters. The van der Waals surface area contributed by atoms with E-state index < -0.39 is 6.09 Å². The fourth-order valence-electron chi connectivity index (χ4n) is 1.54. The third-order valence-electron chi connectivity index (χ3n) is 2.58. The van der Waals surface area contributed by atoms with Crippen molar-refractivity contribution in [2.75, 3.05) is 0 Å². The van der Waals surface area contributed by atoms with Crippen LogP contribution in [-0.2, 0) is 16.5 Å². The van der Waals surface area contributed by atoms with Crippen LogP contribution in [0.1, 0.15) is 18.1 Å². The maximum absolute atomic E-state index is 11.8. The summed E-state index contributed by atoms with van der Waals surface area (Å²) in [6.07, 6.45) is -0.579. The molecule has 6 heteroatoms. The van der Waals surface area contributed by atoms with Gasteiger partial charge >= 0.3 is 131 Å². The van der Waals surface area contributed by atoms with Crippen LogP contribution >= 0.6 is 15.9 Å². The minimum atomic E-state index is -1.15. The van der Waals surface area contributed by atoms with Crippen molar-refractivity contribution in [3.63, 3.8) is 0 Å².